The van der Waals surface area contributed by atoms with E-state index in [9.17, 15) is 9.18 Å². The molecule has 1 fully saturated rings. The first-order valence-corrected chi connectivity index (χ1v) is 11.2. The Morgan fingerprint density at radius 2 is 1.80 bits per heavy atom. The van der Waals surface area contributed by atoms with Gasteiger partial charge in [0.25, 0.3) is 0 Å². The van der Waals surface area contributed by atoms with Crippen LogP contribution in [0.1, 0.15) is 38.2 Å². The van der Waals surface area contributed by atoms with Gasteiger partial charge in [0.15, 0.2) is 0 Å². The third-order valence-corrected chi connectivity index (χ3v) is 6.93. The SMILES string of the molecule is CCC1(CCCCN2CCN(c3ccc(Cl)cc3)CC2)C(=O)Nc2cc(F)ccc21. The molecular weight excluding hydrogens is 401 g/mol. The lowest BCUT2D eigenvalue weighted by Crippen LogP contribution is -2.46. The summed E-state index contributed by atoms with van der Waals surface area (Å²) in [5.74, 6) is -0.291. The smallest absolute Gasteiger partial charge is 0.235 e. The van der Waals surface area contributed by atoms with Gasteiger partial charge in [0, 0.05) is 42.6 Å². The number of halogens is 2. The van der Waals surface area contributed by atoms with Crippen molar-refractivity contribution in [1.82, 2.24) is 4.90 Å². The van der Waals surface area contributed by atoms with Crippen LogP contribution in [0, 0.1) is 5.82 Å². The van der Waals surface area contributed by atoms with Crippen LogP contribution in [0.25, 0.3) is 0 Å². The van der Waals surface area contributed by atoms with E-state index in [4.69, 9.17) is 11.6 Å². The van der Waals surface area contributed by atoms with E-state index in [0.29, 0.717) is 5.69 Å². The van der Waals surface area contributed by atoms with Crippen LogP contribution in [0.4, 0.5) is 15.8 Å². The molecule has 0 spiro atoms. The number of carbonyl (C=O) groups excluding carboxylic acids is 1. The van der Waals surface area contributed by atoms with E-state index in [1.54, 1.807) is 6.07 Å². The summed E-state index contributed by atoms with van der Waals surface area (Å²) in [6.45, 7) is 7.22. The van der Waals surface area contributed by atoms with Crippen LogP contribution in [-0.2, 0) is 10.2 Å². The van der Waals surface area contributed by atoms with Gasteiger partial charge in [-0.05, 0) is 67.8 Å². The Hall–Kier alpha value is -2.11. The first-order valence-electron chi connectivity index (χ1n) is 10.9. The highest BCUT2D eigenvalue weighted by Gasteiger charge is 2.44. The molecule has 1 unspecified atom stereocenters. The van der Waals surface area contributed by atoms with Crippen molar-refractivity contribution in [1.29, 1.82) is 0 Å². The zero-order valence-corrected chi connectivity index (χ0v) is 18.2. The Bertz CT molecular complexity index is 896. The average molecular weight is 430 g/mol. The van der Waals surface area contributed by atoms with Crippen LogP contribution < -0.4 is 10.2 Å². The molecule has 0 aliphatic carbocycles. The van der Waals surface area contributed by atoms with E-state index in [-0.39, 0.29) is 11.7 Å². The number of hydrogen-bond acceptors (Lipinski definition) is 3. The number of anilines is 2. The molecule has 0 aromatic heterocycles. The number of rotatable bonds is 7. The van der Waals surface area contributed by atoms with Gasteiger partial charge in [0.05, 0.1) is 5.41 Å². The number of nitrogens with one attached hydrogen (secondary N) is 1. The number of fused-ring (bicyclic) bond motifs is 1. The topological polar surface area (TPSA) is 35.6 Å². The molecule has 1 N–H and O–H groups in total. The normalized spacial score (nSPS) is 21.6. The summed E-state index contributed by atoms with van der Waals surface area (Å²) >= 11 is 5.99. The van der Waals surface area contributed by atoms with Gasteiger partial charge in [0.2, 0.25) is 5.91 Å². The highest BCUT2D eigenvalue weighted by atomic mass is 35.5. The summed E-state index contributed by atoms with van der Waals surface area (Å²) in [6, 6.07) is 12.7. The van der Waals surface area contributed by atoms with Gasteiger partial charge in [-0.2, -0.15) is 0 Å². The van der Waals surface area contributed by atoms with Crippen LogP contribution in [0.15, 0.2) is 42.5 Å². The van der Waals surface area contributed by atoms with Gasteiger partial charge in [0.1, 0.15) is 5.82 Å². The van der Waals surface area contributed by atoms with Crippen molar-refractivity contribution in [3.05, 3.63) is 58.9 Å². The van der Waals surface area contributed by atoms with Gasteiger partial charge in [-0.1, -0.05) is 31.0 Å². The maximum atomic E-state index is 13.5. The molecule has 30 heavy (non-hydrogen) atoms. The molecule has 0 bridgehead atoms. The van der Waals surface area contributed by atoms with Crippen molar-refractivity contribution >= 4 is 28.9 Å². The van der Waals surface area contributed by atoms with Crippen molar-refractivity contribution in [3.8, 4) is 0 Å². The Morgan fingerprint density at radius 3 is 2.50 bits per heavy atom. The minimum Gasteiger partial charge on any atom is -0.369 e. The standard InChI is InChI=1S/C24H29ClFN3O/c1-2-24(21-10-7-19(26)17-22(21)27-23(24)30)11-3-4-12-28-13-15-29(16-14-28)20-8-5-18(25)6-9-20/h5-10,17H,2-4,11-16H2,1H3,(H,27,30). The zero-order chi connectivity index (χ0) is 21.1. The predicted molar refractivity (Wildman–Crippen MR) is 121 cm³/mol. The molecule has 4 rings (SSSR count). The lowest BCUT2D eigenvalue weighted by molar-refractivity contribution is -0.121. The second-order valence-corrected chi connectivity index (χ2v) is 8.78. The van der Waals surface area contributed by atoms with Crippen LogP contribution >= 0.6 is 11.6 Å². The lowest BCUT2D eigenvalue weighted by atomic mass is 9.75. The summed E-state index contributed by atoms with van der Waals surface area (Å²) in [7, 11) is 0. The van der Waals surface area contributed by atoms with Crippen LogP contribution in [0.5, 0.6) is 0 Å². The second kappa shape index (κ2) is 8.94. The molecule has 1 saturated heterocycles. The maximum absolute atomic E-state index is 13.5. The fourth-order valence-electron chi connectivity index (χ4n) is 4.82. The molecule has 2 heterocycles. The van der Waals surface area contributed by atoms with E-state index in [0.717, 1.165) is 69.0 Å². The quantitative estimate of drug-likeness (QED) is 0.624. The molecule has 1 atom stereocenters. The lowest BCUT2D eigenvalue weighted by Gasteiger charge is -2.36. The molecular formula is C24H29ClFN3O. The third-order valence-electron chi connectivity index (χ3n) is 6.68. The molecule has 160 valence electrons. The Labute approximate surface area is 183 Å². The van der Waals surface area contributed by atoms with Crippen LogP contribution in [0.2, 0.25) is 5.02 Å². The van der Waals surface area contributed by atoms with Crippen molar-refractivity contribution < 1.29 is 9.18 Å². The number of amides is 1. The van der Waals surface area contributed by atoms with Gasteiger partial charge in [-0.15, -0.1) is 0 Å². The molecule has 4 nitrogen and oxygen atoms in total. The minimum absolute atomic E-state index is 0.0159. The fraction of sp³-hybridized carbons (Fsp3) is 0.458. The molecule has 2 aliphatic heterocycles. The van der Waals surface area contributed by atoms with Gasteiger partial charge >= 0.3 is 0 Å². The van der Waals surface area contributed by atoms with E-state index >= 15 is 0 Å². The maximum Gasteiger partial charge on any atom is 0.235 e. The van der Waals surface area contributed by atoms with E-state index in [2.05, 4.69) is 27.2 Å². The van der Waals surface area contributed by atoms with E-state index in [1.807, 2.05) is 19.1 Å². The summed E-state index contributed by atoms with van der Waals surface area (Å²) in [4.78, 5) is 17.6. The van der Waals surface area contributed by atoms with Crippen molar-refractivity contribution in [2.24, 2.45) is 0 Å². The second-order valence-electron chi connectivity index (χ2n) is 8.34. The molecule has 2 aliphatic rings. The van der Waals surface area contributed by atoms with Crippen LogP contribution in [0.3, 0.4) is 0 Å². The number of hydrogen-bond donors (Lipinski definition) is 1. The number of nitrogens with zero attached hydrogens (tertiary/aromatic N) is 2. The Morgan fingerprint density at radius 1 is 1.07 bits per heavy atom. The van der Waals surface area contributed by atoms with Crippen molar-refractivity contribution in [3.63, 3.8) is 0 Å². The summed E-state index contributed by atoms with van der Waals surface area (Å²) in [5.41, 5.74) is 2.30. The first kappa shape index (κ1) is 21.1. The van der Waals surface area contributed by atoms with E-state index in [1.165, 1.54) is 17.8 Å². The number of unbranched alkanes of at least 4 members (excludes halogenated alkanes) is 1. The largest absolute Gasteiger partial charge is 0.369 e. The predicted octanol–water partition coefficient (Wildman–Crippen LogP) is 5.07. The van der Waals surface area contributed by atoms with Crippen molar-refractivity contribution in [2.75, 3.05) is 42.9 Å². The monoisotopic (exact) mass is 429 g/mol. The summed E-state index contributed by atoms with van der Waals surface area (Å²) in [6.07, 6.45) is 3.58. The molecule has 0 radical (unpaired) electrons. The minimum atomic E-state index is -0.518. The van der Waals surface area contributed by atoms with Gasteiger partial charge in [-0.3, -0.25) is 9.69 Å². The first-order chi connectivity index (χ1) is 14.5. The number of carbonyl (C=O) groups is 1. The Kier molecular flexibility index (Phi) is 6.30. The molecule has 0 saturated carbocycles. The van der Waals surface area contributed by atoms with Crippen molar-refractivity contribution in [2.45, 2.75) is 38.0 Å². The highest BCUT2D eigenvalue weighted by Crippen LogP contribution is 2.44. The average Bonchev–Trinajstić information content (AvgIpc) is 3.03. The molecule has 2 aromatic rings. The summed E-state index contributed by atoms with van der Waals surface area (Å²) in [5, 5.41) is 3.66. The number of piperazine rings is 1. The zero-order valence-electron chi connectivity index (χ0n) is 17.5. The molecule has 2 aromatic carbocycles. The van der Waals surface area contributed by atoms with Gasteiger partial charge in [-0.25, -0.2) is 4.39 Å². The van der Waals surface area contributed by atoms with E-state index < -0.39 is 5.41 Å². The summed E-state index contributed by atoms with van der Waals surface area (Å²) < 4.78 is 13.5. The fourth-order valence-corrected chi connectivity index (χ4v) is 4.95. The third kappa shape index (κ3) is 4.19. The van der Waals surface area contributed by atoms with Gasteiger partial charge < -0.3 is 10.2 Å². The highest BCUT2D eigenvalue weighted by molar-refractivity contribution is 6.30. The van der Waals surface area contributed by atoms with Crippen LogP contribution in [-0.4, -0.2) is 43.5 Å². The number of benzene rings is 2. The molecule has 6 heteroatoms. The Balaban J connectivity index is 1.26. The molecule has 1 amide bonds.